The van der Waals surface area contributed by atoms with Crippen LogP contribution in [-0.2, 0) is 14.8 Å². The van der Waals surface area contributed by atoms with Crippen LogP contribution in [0.4, 0.5) is 0 Å². The van der Waals surface area contributed by atoms with Gasteiger partial charge in [-0.2, -0.15) is 0 Å². The smallest absolute Gasteiger partial charge is 0.187 e. The lowest BCUT2D eigenvalue weighted by Crippen LogP contribution is -2.38. The predicted molar refractivity (Wildman–Crippen MR) is 240 cm³/mol. The second kappa shape index (κ2) is 25.5. The summed E-state index contributed by atoms with van der Waals surface area (Å²) in [6.45, 7) is 19.5. The van der Waals surface area contributed by atoms with Gasteiger partial charge >= 0.3 is 0 Å². The van der Waals surface area contributed by atoms with Crippen LogP contribution < -0.4 is 0 Å². The molecular formula is C51H78O3Si. The van der Waals surface area contributed by atoms with E-state index in [1.54, 1.807) is 0 Å². The van der Waals surface area contributed by atoms with Crippen molar-refractivity contribution in [2.45, 2.75) is 143 Å². The maximum absolute atomic E-state index is 9.66. The van der Waals surface area contributed by atoms with Crippen LogP contribution in [0.5, 0.6) is 0 Å². The molecule has 1 N–H and O–H groups in total. The molecule has 0 saturated heterocycles. The number of allylic oxidation sites excluding steroid dienone is 3. The third-order valence-corrected chi connectivity index (χ3v) is 13.9. The summed E-state index contributed by atoms with van der Waals surface area (Å²) in [6, 6.07) is 33.1. The van der Waals surface area contributed by atoms with Crippen molar-refractivity contribution in [2.24, 2.45) is 29.6 Å². The topological polar surface area (TPSA) is 38.7 Å². The molecule has 3 aromatic rings. The number of aliphatic hydroxyl groups is 1. The Balaban J connectivity index is 1.41. The van der Waals surface area contributed by atoms with E-state index in [4.69, 9.17) is 9.16 Å². The Labute approximate surface area is 339 Å². The minimum Gasteiger partial charge on any atom is -0.414 e. The van der Waals surface area contributed by atoms with Crippen LogP contribution in [0.1, 0.15) is 129 Å². The summed E-state index contributed by atoms with van der Waals surface area (Å²) in [5, 5.41) is 9.66. The van der Waals surface area contributed by atoms with Crippen LogP contribution in [0.15, 0.2) is 115 Å². The SMILES string of the molecule is CCCC[Si](C)(C)OC(CCCCC(C)CC(C)C=CCCCC(C)C=CCOC(c1ccccc1)(c1ccccc1)c1ccccc1)C(C)CC(C)CO. The summed E-state index contributed by atoms with van der Waals surface area (Å²) in [5.41, 5.74) is 2.73. The number of benzene rings is 3. The lowest BCUT2D eigenvalue weighted by atomic mass is 9.80. The number of rotatable bonds is 28. The Kier molecular flexibility index (Phi) is 21.6. The lowest BCUT2D eigenvalue weighted by Gasteiger charge is -2.35. The molecule has 55 heavy (non-hydrogen) atoms. The van der Waals surface area contributed by atoms with Crippen molar-refractivity contribution >= 4 is 8.32 Å². The monoisotopic (exact) mass is 767 g/mol. The van der Waals surface area contributed by atoms with E-state index < -0.39 is 13.9 Å². The number of hydrogen-bond acceptors (Lipinski definition) is 3. The molecule has 4 heteroatoms. The van der Waals surface area contributed by atoms with E-state index in [2.05, 4.69) is 170 Å². The van der Waals surface area contributed by atoms with Crippen molar-refractivity contribution in [3.05, 3.63) is 132 Å². The Morgan fingerprint density at radius 1 is 0.636 bits per heavy atom. The first-order valence-corrected chi connectivity index (χ1v) is 25.0. The third kappa shape index (κ3) is 16.7. The average Bonchev–Trinajstić information content (AvgIpc) is 3.19. The van der Waals surface area contributed by atoms with Crippen molar-refractivity contribution in [3.8, 4) is 0 Å². The number of aliphatic hydroxyl groups excluding tert-OH is 1. The fourth-order valence-corrected chi connectivity index (χ4v) is 10.8. The number of hydrogen-bond donors (Lipinski definition) is 1. The van der Waals surface area contributed by atoms with Gasteiger partial charge in [0.05, 0.1) is 6.61 Å². The molecule has 0 amide bonds. The Morgan fingerprint density at radius 2 is 1.18 bits per heavy atom. The molecule has 304 valence electrons. The molecule has 3 rings (SSSR count). The van der Waals surface area contributed by atoms with Crippen molar-refractivity contribution in [3.63, 3.8) is 0 Å². The van der Waals surface area contributed by atoms with Crippen molar-refractivity contribution < 1.29 is 14.3 Å². The summed E-state index contributed by atoms with van der Waals surface area (Å²) in [4.78, 5) is 0. The van der Waals surface area contributed by atoms with Crippen molar-refractivity contribution in [1.29, 1.82) is 0 Å². The number of unbranched alkanes of at least 4 members (excludes halogenated alkanes) is 3. The van der Waals surface area contributed by atoms with E-state index in [-0.39, 0.29) is 6.61 Å². The van der Waals surface area contributed by atoms with Crippen LogP contribution >= 0.6 is 0 Å². The molecule has 0 radical (unpaired) electrons. The van der Waals surface area contributed by atoms with E-state index in [1.165, 1.54) is 57.4 Å². The molecule has 6 unspecified atom stereocenters. The molecule has 0 aliphatic heterocycles. The maximum atomic E-state index is 9.66. The van der Waals surface area contributed by atoms with Gasteiger partial charge in [0.25, 0.3) is 0 Å². The Hall–Kier alpha value is -2.76. The lowest BCUT2D eigenvalue weighted by molar-refractivity contribution is 0.0318. The van der Waals surface area contributed by atoms with Crippen molar-refractivity contribution in [2.75, 3.05) is 13.2 Å². The second-order valence-electron chi connectivity index (χ2n) is 17.5. The van der Waals surface area contributed by atoms with Gasteiger partial charge in [0.2, 0.25) is 0 Å². The molecular weight excluding hydrogens is 689 g/mol. The number of ether oxygens (including phenoxy) is 1. The van der Waals surface area contributed by atoms with Gasteiger partial charge in [0.15, 0.2) is 8.32 Å². The zero-order valence-corrected chi connectivity index (χ0v) is 37.1. The van der Waals surface area contributed by atoms with Gasteiger partial charge in [-0.05, 0) is 104 Å². The van der Waals surface area contributed by atoms with Gasteiger partial charge in [-0.15, -0.1) is 0 Å². The van der Waals surface area contributed by atoms with E-state index in [1.807, 2.05) is 0 Å². The molecule has 0 fully saturated rings. The first kappa shape index (κ1) is 46.6. The minimum atomic E-state index is -1.67. The summed E-state index contributed by atoms with van der Waals surface area (Å²) >= 11 is 0. The predicted octanol–water partition coefficient (Wildman–Crippen LogP) is 14.2. The molecule has 0 aromatic heterocycles. The summed E-state index contributed by atoms with van der Waals surface area (Å²) in [7, 11) is -1.67. The first-order valence-electron chi connectivity index (χ1n) is 21.9. The summed E-state index contributed by atoms with van der Waals surface area (Å²) < 4.78 is 13.8. The van der Waals surface area contributed by atoms with Gasteiger partial charge in [0, 0.05) is 12.7 Å². The molecule has 0 aliphatic carbocycles. The summed E-state index contributed by atoms with van der Waals surface area (Å²) in [5.74, 6) is 2.69. The second-order valence-corrected chi connectivity index (χ2v) is 21.7. The van der Waals surface area contributed by atoms with Gasteiger partial charge in [-0.1, -0.05) is 189 Å². The van der Waals surface area contributed by atoms with Gasteiger partial charge in [-0.25, -0.2) is 0 Å². The molecule has 6 atom stereocenters. The Morgan fingerprint density at radius 3 is 1.73 bits per heavy atom. The van der Waals surface area contributed by atoms with Crippen LogP contribution in [0, 0.1) is 29.6 Å². The maximum Gasteiger partial charge on any atom is 0.187 e. The summed E-state index contributed by atoms with van der Waals surface area (Å²) in [6.07, 6.45) is 23.0. The van der Waals surface area contributed by atoms with Crippen LogP contribution in [-0.4, -0.2) is 32.7 Å². The van der Waals surface area contributed by atoms with Crippen LogP contribution in [0.2, 0.25) is 19.1 Å². The van der Waals surface area contributed by atoms with Gasteiger partial charge in [-0.3, -0.25) is 0 Å². The molecule has 3 aromatic carbocycles. The highest BCUT2D eigenvalue weighted by molar-refractivity contribution is 6.71. The van der Waals surface area contributed by atoms with Crippen molar-refractivity contribution in [1.82, 2.24) is 0 Å². The quantitative estimate of drug-likeness (QED) is 0.0346. The standard InChI is InChI=1S/C51H78O3Si/c1-9-10-38-55(7,8)54-50(46(6)40-45(5)41-52)36-24-23-28-44(4)39-43(3)27-16-11-15-26-42(2)29-25-37-53-51(47-30-17-12-18-31-47,48-32-19-13-20-33-48)49-34-21-14-22-35-49/h12-14,16-22,25,27,29-35,42-46,50,52H,9-11,15,23-24,26,28,36-41H2,1-8H3. The van der Waals surface area contributed by atoms with E-state index in [0.29, 0.717) is 36.4 Å². The Bertz CT molecular complexity index is 1360. The molecule has 0 bridgehead atoms. The molecule has 0 heterocycles. The normalized spacial score (nSPS) is 15.9. The highest BCUT2D eigenvalue weighted by Gasteiger charge is 2.37. The largest absolute Gasteiger partial charge is 0.414 e. The molecule has 0 aliphatic rings. The molecule has 0 saturated carbocycles. The zero-order valence-electron chi connectivity index (χ0n) is 36.1. The van der Waals surface area contributed by atoms with Crippen LogP contribution in [0.3, 0.4) is 0 Å². The molecule has 0 spiro atoms. The van der Waals surface area contributed by atoms with E-state index in [9.17, 15) is 5.11 Å². The zero-order chi connectivity index (χ0) is 39.9. The first-order chi connectivity index (χ1) is 26.5. The van der Waals surface area contributed by atoms with Gasteiger partial charge in [0.1, 0.15) is 5.60 Å². The third-order valence-electron chi connectivity index (χ3n) is 11.4. The fourth-order valence-electron chi connectivity index (χ4n) is 8.27. The molecule has 3 nitrogen and oxygen atoms in total. The average molecular weight is 767 g/mol. The van der Waals surface area contributed by atoms with E-state index in [0.717, 1.165) is 41.9 Å². The fraction of sp³-hybridized carbons (Fsp3) is 0.569. The minimum absolute atomic E-state index is 0.270. The van der Waals surface area contributed by atoms with E-state index >= 15 is 0 Å². The van der Waals surface area contributed by atoms with Crippen LogP contribution in [0.25, 0.3) is 0 Å². The highest BCUT2D eigenvalue weighted by atomic mass is 28.4. The highest BCUT2D eigenvalue weighted by Crippen LogP contribution is 2.40. The van der Waals surface area contributed by atoms with Gasteiger partial charge < -0.3 is 14.3 Å².